The summed E-state index contributed by atoms with van der Waals surface area (Å²) < 4.78 is 77.7. The molecule has 0 heterocycles. The van der Waals surface area contributed by atoms with E-state index in [2.05, 4.69) is 23.5 Å². The number of alkyl halides is 2. The molecule has 0 saturated heterocycles. The van der Waals surface area contributed by atoms with Gasteiger partial charge in [-0.05, 0) is 61.4 Å². The van der Waals surface area contributed by atoms with Crippen LogP contribution in [0.3, 0.4) is 0 Å². The molecule has 0 aliphatic heterocycles. The Balaban J connectivity index is 1.53. The van der Waals surface area contributed by atoms with E-state index in [4.69, 9.17) is 0 Å². The lowest BCUT2D eigenvalue weighted by molar-refractivity contribution is -0.187. The van der Waals surface area contributed by atoms with E-state index >= 15 is 0 Å². The third-order valence-corrected chi connectivity index (χ3v) is 6.44. The van der Waals surface area contributed by atoms with Crippen molar-refractivity contribution in [1.29, 1.82) is 0 Å². The summed E-state index contributed by atoms with van der Waals surface area (Å²) >= 11 is 0. The first-order valence-corrected chi connectivity index (χ1v) is 11.6. The van der Waals surface area contributed by atoms with Gasteiger partial charge in [-0.15, -0.1) is 0 Å². The van der Waals surface area contributed by atoms with Crippen molar-refractivity contribution in [3.63, 3.8) is 0 Å². The van der Waals surface area contributed by atoms with Gasteiger partial charge < -0.3 is 4.74 Å². The van der Waals surface area contributed by atoms with E-state index in [1.54, 1.807) is 24.3 Å². The van der Waals surface area contributed by atoms with Crippen molar-refractivity contribution in [3.05, 3.63) is 99.9 Å². The first-order valence-electron chi connectivity index (χ1n) is 11.6. The normalized spacial score (nSPS) is 18.0. The number of rotatable bonds is 4. The Hall–Kier alpha value is -3.33. The molecule has 182 valence electrons. The van der Waals surface area contributed by atoms with E-state index in [-0.39, 0.29) is 5.92 Å². The van der Waals surface area contributed by atoms with E-state index in [9.17, 15) is 22.0 Å². The summed E-state index contributed by atoms with van der Waals surface area (Å²) in [6, 6.07) is 11.8. The second-order valence-corrected chi connectivity index (χ2v) is 9.19. The van der Waals surface area contributed by atoms with E-state index in [0.29, 0.717) is 29.2 Å². The lowest BCUT2D eigenvalue weighted by atomic mass is 9.79. The minimum absolute atomic E-state index is 0.126. The van der Waals surface area contributed by atoms with Gasteiger partial charge in [0.05, 0.1) is 11.1 Å². The molecule has 0 bridgehead atoms. The van der Waals surface area contributed by atoms with Crippen molar-refractivity contribution >= 4 is 0 Å². The minimum Gasteiger partial charge on any atom is -0.429 e. The predicted molar refractivity (Wildman–Crippen MR) is 125 cm³/mol. The standard InChI is InChI=1S/C29H25F5O/c1-18-3-7-20(8-4-18)9-13-24-26(30)16-23(17-27(24)31)35-29(33,34)25-14-12-22(15-28(25)32)21-10-5-19(2)6-11-21/h3-4,7-8,12,14-17,19,21H,5-6,10-11H2,1-2H3. The molecular weight excluding hydrogens is 459 g/mol. The molecule has 4 rings (SSSR count). The van der Waals surface area contributed by atoms with Gasteiger partial charge in [0.2, 0.25) is 0 Å². The molecule has 35 heavy (non-hydrogen) atoms. The van der Waals surface area contributed by atoms with Crippen LogP contribution in [-0.2, 0) is 6.11 Å². The second kappa shape index (κ2) is 10.1. The molecule has 0 aromatic heterocycles. The minimum atomic E-state index is -4.13. The fraction of sp³-hybridized carbons (Fsp3) is 0.310. The summed E-state index contributed by atoms with van der Waals surface area (Å²) in [5.41, 5.74) is 0.656. The molecular formula is C29H25F5O. The highest BCUT2D eigenvalue weighted by molar-refractivity contribution is 5.46. The van der Waals surface area contributed by atoms with Crippen LogP contribution in [0.1, 0.15) is 66.3 Å². The Labute approximate surface area is 201 Å². The molecule has 6 heteroatoms. The number of hydrogen-bond donors (Lipinski definition) is 0. The largest absolute Gasteiger partial charge is 0.429 e. The number of halogens is 5. The summed E-state index contributed by atoms with van der Waals surface area (Å²) in [6.45, 7) is 4.05. The first kappa shape index (κ1) is 24.8. The Bertz CT molecular complexity index is 1240. The maximum atomic E-state index is 14.8. The highest BCUT2D eigenvalue weighted by Crippen LogP contribution is 2.39. The topological polar surface area (TPSA) is 9.23 Å². The van der Waals surface area contributed by atoms with Crippen LogP contribution in [0.15, 0.2) is 54.6 Å². The summed E-state index contributed by atoms with van der Waals surface area (Å²) in [6.07, 6.45) is -0.349. The third kappa shape index (κ3) is 5.85. The van der Waals surface area contributed by atoms with Gasteiger partial charge in [-0.2, -0.15) is 8.78 Å². The van der Waals surface area contributed by atoms with Gasteiger partial charge in [-0.3, -0.25) is 0 Å². The Morgan fingerprint density at radius 1 is 0.800 bits per heavy atom. The van der Waals surface area contributed by atoms with Crippen LogP contribution in [0.4, 0.5) is 22.0 Å². The Morgan fingerprint density at radius 3 is 2.03 bits per heavy atom. The maximum Gasteiger partial charge on any atom is 0.429 e. The lowest BCUT2D eigenvalue weighted by Crippen LogP contribution is -2.24. The number of ether oxygens (including phenoxy) is 1. The van der Waals surface area contributed by atoms with Crippen LogP contribution < -0.4 is 4.74 Å². The predicted octanol–water partition coefficient (Wildman–Crippen LogP) is 8.23. The van der Waals surface area contributed by atoms with Crippen molar-refractivity contribution in [3.8, 4) is 17.6 Å². The van der Waals surface area contributed by atoms with Crippen molar-refractivity contribution in [2.75, 3.05) is 0 Å². The molecule has 3 aromatic rings. The number of benzene rings is 3. The van der Waals surface area contributed by atoms with Gasteiger partial charge in [0, 0.05) is 17.7 Å². The quantitative estimate of drug-likeness (QED) is 0.268. The fourth-order valence-electron chi connectivity index (χ4n) is 4.32. The maximum absolute atomic E-state index is 14.8. The van der Waals surface area contributed by atoms with E-state index in [1.807, 2.05) is 6.92 Å². The van der Waals surface area contributed by atoms with Gasteiger partial charge in [0.1, 0.15) is 23.2 Å². The summed E-state index contributed by atoms with van der Waals surface area (Å²) in [4.78, 5) is 0. The monoisotopic (exact) mass is 484 g/mol. The van der Waals surface area contributed by atoms with Crippen molar-refractivity contribution in [2.24, 2.45) is 5.92 Å². The molecule has 0 spiro atoms. The van der Waals surface area contributed by atoms with Gasteiger partial charge in [-0.25, -0.2) is 13.2 Å². The van der Waals surface area contributed by atoms with Gasteiger partial charge >= 0.3 is 6.11 Å². The Morgan fingerprint density at radius 2 is 1.43 bits per heavy atom. The zero-order chi connectivity index (χ0) is 25.2. The van der Waals surface area contributed by atoms with Crippen LogP contribution in [0, 0.1) is 42.1 Å². The van der Waals surface area contributed by atoms with Gasteiger partial charge in [-0.1, -0.05) is 55.4 Å². The van der Waals surface area contributed by atoms with Crippen molar-refractivity contribution in [2.45, 2.75) is 51.6 Å². The van der Waals surface area contributed by atoms with Gasteiger partial charge in [0.25, 0.3) is 0 Å². The number of aryl methyl sites for hydroxylation is 1. The molecule has 3 aromatic carbocycles. The average molecular weight is 485 g/mol. The zero-order valence-corrected chi connectivity index (χ0v) is 19.5. The molecule has 0 amide bonds. The molecule has 0 radical (unpaired) electrons. The smallest absolute Gasteiger partial charge is 0.429 e. The van der Waals surface area contributed by atoms with E-state index in [0.717, 1.165) is 43.4 Å². The van der Waals surface area contributed by atoms with Crippen molar-refractivity contribution < 1.29 is 26.7 Å². The molecule has 1 saturated carbocycles. The van der Waals surface area contributed by atoms with Crippen LogP contribution in [0.25, 0.3) is 0 Å². The lowest BCUT2D eigenvalue weighted by Gasteiger charge is -2.27. The van der Waals surface area contributed by atoms with Crippen LogP contribution in [0.5, 0.6) is 5.75 Å². The fourth-order valence-corrected chi connectivity index (χ4v) is 4.32. The van der Waals surface area contributed by atoms with Crippen LogP contribution in [-0.4, -0.2) is 0 Å². The van der Waals surface area contributed by atoms with Crippen LogP contribution >= 0.6 is 0 Å². The molecule has 0 N–H and O–H groups in total. The average Bonchev–Trinajstić information content (AvgIpc) is 2.79. The molecule has 0 unspecified atom stereocenters. The summed E-state index contributed by atoms with van der Waals surface area (Å²) in [7, 11) is 0. The molecule has 1 aliphatic carbocycles. The molecule has 1 fully saturated rings. The highest BCUT2D eigenvalue weighted by Gasteiger charge is 2.38. The SMILES string of the molecule is Cc1ccc(C#Cc2c(F)cc(OC(F)(F)c3ccc(C4CCC(C)CC4)cc3F)cc2F)cc1. The summed E-state index contributed by atoms with van der Waals surface area (Å²) in [5, 5.41) is 0. The highest BCUT2D eigenvalue weighted by atomic mass is 19.3. The summed E-state index contributed by atoms with van der Waals surface area (Å²) in [5.74, 6) is 1.56. The number of hydrogen-bond acceptors (Lipinski definition) is 1. The van der Waals surface area contributed by atoms with Crippen LogP contribution in [0.2, 0.25) is 0 Å². The van der Waals surface area contributed by atoms with Crippen molar-refractivity contribution in [1.82, 2.24) is 0 Å². The molecule has 1 aliphatic rings. The zero-order valence-electron chi connectivity index (χ0n) is 19.5. The van der Waals surface area contributed by atoms with Gasteiger partial charge in [0.15, 0.2) is 0 Å². The molecule has 0 atom stereocenters. The van der Waals surface area contributed by atoms with E-state index < -0.39 is 40.4 Å². The van der Waals surface area contributed by atoms with E-state index in [1.165, 1.54) is 6.07 Å². The molecule has 1 nitrogen and oxygen atoms in total. The Kier molecular flexibility index (Phi) is 7.16. The first-order chi connectivity index (χ1) is 16.6. The second-order valence-electron chi connectivity index (χ2n) is 9.19. The third-order valence-electron chi connectivity index (χ3n) is 6.44.